The predicted octanol–water partition coefficient (Wildman–Crippen LogP) is 3.48. The standard InChI is InChI=1S/C20H23N5O/c1-14(13-25-18-8-6-5-7-17(18)22-24-25)21-23-19(26)15-9-11-16(12-10-15)20(2,3)4/h5-13,21H,1-4H3,(H,23,26)/b14-13-. The molecule has 0 saturated carbocycles. The molecule has 3 rings (SSSR count). The van der Waals surface area contributed by atoms with E-state index in [1.165, 1.54) is 5.56 Å². The molecule has 0 aliphatic carbocycles. The normalized spacial score (nSPS) is 12.2. The lowest BCUT2D eigenvalue weighted by Gasteiger charge is -2.19. The number of hydrogen-bond donors (Lipinski definition) is 2. The molecular weight excluding hydrogens is 326 g/mol. The lowest BCUT2D eigenvalue weighted by Crippen LogP contribution is -2.36. The number of carbonyl (C=O) groups is 1. The number of nitrogens with one attached hydrogen (secondary N) is 2. The van der Waals surface area contributed by atoms with Gasteiger partial charge in [-0.05, 0) is 42.2 Å². The number of carbonyl (C=O) groups excluding carboxylic acids is 1. The average molecular weight is 349 g/mol. The van der Waals surface area contributed by atoms with Gasteiger partial charge >= 0.3 is 0 Å². The first-order valence-electron chi connectivity index (χ1n) is 8.50. The number of aromatic nitrogens is 3. The van der Waals surface area contributed by atoms with Crippen molar-refractivity contribution in [1.29, 1.82) is 0 Å². The molecule has 0 bridgehead atoms. The largest absolute Gasteiger partial charge is 0.301 e. The first-order chi connectivity index (χ1) is 12.3. The van der Waals surface area contributed by atoms with E-state index in [0.717, 1.165) is 16.7 Å². The van der Waals surface area contributed by atoms with Gasteiger partial charge < -0.3 is 5.43 Å². The number of fused-ring (bicyclic) bond motifs is 1. The van der Waals surface area contributed by atoms with E-state index in [9.17, 15) is 4.79 Å². The van der Waals surface area contributed by atoms with Crippen LogP contribution in [0.25, 0.3) is 17.2 Å². The fourth-order valence-corrected chi connectivity index (χ4v) is 2.55. The second kappa shape index (κ2) is 7.00. The van der Waals surface area contributed by atoms with Crippen LogP contribution in [0.2, 0.25) is 0 Å². The summed E-state index contributed by atoms with van der Waals surface area (Å²) in [6.07, 6.45) is 1.78. The molecule has 0 atom stereocenters. The van der Waals surface area contributed by atoms with Crippen LogP contribution in [0, 0.1) is 0 Å². The molecule has 0 unspecified atom stereocenters. The van der Waals surface area contributed by atoms with E-state index >= 15 is 0 Å². The van der Waals surface area contributed by atoms with Crippen molar-refractivity contribution < 1.29 is 4.79 Å². The van der Waals surface area contributed by atoms with Gasteiger partial charge in [-0.2, -0.15) is 0 Å². The van der Waals surface area contributed by atoms with Crippen LogP contribution in [0.4, 0.5) is 0 Å². The van der Waals surface area contributed by atoms with Crippen LogP contribution < -0.4 is 10.9 Å². The van der Waals surface area contributed by atoms with Crippen molar-refractivity contribution >= 4 is 23.1 Å². The molecule has 0 spiro atoms. The molecule has 2 N–H and O–H groups in total. The number of hydrogen-bond acceptors (Lipinski definition) is 4. The van der Waals surface area contributed by atoms with Crippen molar-refractivity contribution in [2.75, 3.05) is 0 Å². The molecule has 6 heteroatoms. The summed E-state index contributed by atoms with van der Waals surface area (Å²) >= 11 is 0. The maximum Gasteiger partial charge on any atom is 0.269 e. The number of allylic oxidation sites excluding steroid dienone is 1. The Morgan fingerprint density at radius 3 is 2.42 bits per heavy atom. The van der Waals surface area contributed by atoms with Gasteiger partial charge in [0.15, 0.2) is 0 Å². The van der Waals surface area contributed by atoms with E-state index in [1.807, 2.05) is 55.5 Å². The highest BCUT2D eigenvalue weighted by atomic mass is 16.2. The lowest BCUT2D eigenvalue weighted by atomic mass is 9.87. The second-order valence-electron chi connectivity index (χ2n) is 7.24. The number of amides is 1. The third kappa shape index (κ3) is 3.91. The van der Waals surface area contributed by atoms with Crippen molar-refractivity contribution in [3.05, 3.63) is 65.4 Å². The van der Waals surface area contributed by atoms with Crippen LogP contribution in [0.3, 0.4) is 0 Å². The van der Waals surface area contributed by atoms with Crippen molar-refractivity contribution in [3.8, 4) is 0 Å². The van der Waals surface area contributed by atoms with Gasteiger partial charge in [0.25, 0.3) is 5.91 Å². The Morgan fingerprint density at radius 2 is 1.73 bits per heavy atom. The van der Waals surface area contributed by atoms with Gasteiger partial charge in [-0.1, -0.05) is 50.3 Å². The van der Waals surface area contributed by atoms with Crippen molar-refractivity contribution in [2.45, 2.75) is 33.1 Å². The summed E-state index contributed by atoms with van der Waals surface area (Å²) in [5, 5.41) is 8.19. The summed E-state index contributed by atoms with van der Waals surface area (Å²) < 4.78 is 1.67. The summed E-state index contributed by atoms with van der Waals surface area (Å²) in [4.78, 5) is 12.3. The first kappa shape index (κ1) is 17.7. The SMILES string of the molecule is C/C(=C/n1nnc2ccccc21)NNC(=O)c1ccc(C(C)(C)C)cc1. The van der Waals surface area contributed by atoms with Crippen molar-refractivity contribution in [3.63, 3.8) is 0 Å². The van der Waals surface area contributed by atoms with E-state index in [-0.39, 0.29) is 11.3 Å². The third-order valence-corrected chi connectivity index (χ3v) is 4.08. The van der Waals surface area contributed by atoms with Crippen LogP contribution in [0.15, 0.2) is 54.2 Å². The highest BCUT2D eigenvalue weighted by Gasteiger charge is 2.14. The Labute approximate surface area is 152 Å². The summed E-state index contributed by atoms with van der Waals surface area (Å²) in [5.41, 5.74) is 9.91. The van der Waals surface area contributed by atoms with Crippen LogP contribution >= 0.6 is 0 Å². The Morgan fingerprint density at radius 1 is 1.04 bits per heavy atom. The van der Waals surface area contributed by atoms with E-state index in [4.69, 9.17) is 0 Å². The zero-order valence-electron chi connectivity index (χ0n) is 15.4. The second-order valence-corrected chi connectivity index (χ2v) is 7.24. The van der Waals surface area contributed by atoms with E-state index < -0.39 is 0 Å². The van der Waals surface area contributed by atoms with Gasteiger partial charge in [-0.15, -0.1) is 5.10 Å². The van der Waals surface area contributed by atoms with E-state index in [2.05, 4.69) is 41.9 Å². The quantitative estimate of drug-likeness (QED) is 0.708. The summed E-state index contributed by atoms with van der Waals surface area (Å²) in [6, 6.07) is 15.3. The van der Waals surface area contributed by atoms with Crippen molar-refractivity contribution in [1.82, 2.24) is 25.8 Å². The van der Waals surface area contributed by atoms with Crippen LogP contribution in [0.1, 0.15) is 43.6 Å². The van der Waals surface area contributed by atoms with Crippen LogP contribution in [-0.4, -0.2) is 20.9 Å². The van der Waals surface area contributed by atoms with Gasteiger partial charge in [0.2, 0.25) is 0 Å². The Hall–Kier alpha value is -3.15. The molecule has 0 fully saturated rings. The maximum atomic E-state index is 12.3. The van der Waals surface area contributed by atoms with Gasteiger partial charge in [0, 0.05) is 11.3 Å². The monoisotopic (exact) mass is 349 g/mol. The van der Waals surface area contributed by atoms with Gasteiger partial charge in [-0.3, -0.25) is 10.2 Å². The Kier molecular flexibility index (Phi) is 4.75. The fourth-order valence-electron chi connectivity index (χ4n) is 2.55. The first-order valence-corrected chi connectivity index (χ1v) is 8.50. The predicted molar refractivity (Wildman–Crippen MR) is 103 cm³/mol. The molecule has 1 aromatic heterocycles. The molecule has 2 aromatic carbocycles. The minimum absolute atomic E-state index is 0.0627. The molecule has 26 heavy (non-hydrogen) atoms. The van der Waals surface area contributed by atoms with Gasteiger partial charge in [0.1, 0.15) is 5.52 Å². The molecule has 3 aromatic rings. The zero-order valence-corrected chi connectivity index (χ0v) is 15.4. The molecule has 0 radical (unpaired) electrons. The number of rotatable bonds is 4. The Balaban J connectivity index is 1.65. The van der Waals surface area contributed by atoms with Crippen molar-refractivity contribution in [2.24, 2.45) is 0 Å². The molecular formula is C20H23N5O. The number of para-hydroxylation sites is 1. The molecule has 1 heterocycles. The van der Waals surface area contributed by atoms with E-state index in [0.29, 0.717) is 5.56 Å². The van der Waals surface area contributed by atoms with Crippen LogP contribution in [-0.2, 0) is 5.41 Å². The highest BCUT2D eigenvalue weighted by molar-refractivity contribution is 5.94. The van der Waals surface area contributed by atoms with Gasteiger partial charge in [-0.25, -0.2) is 4.68 Å². The maximum absolute atomic E-state index is 12.3. The topological polar surface area (TPSA) is 71.8 Å². The third-order valence-electron chi connectivity index (χ3n) is 4.08. The molecule has 0 aliphatic rings. The highest BCUT2D eigenvalue weighted by Crippen LogP contribution is 2.22. The average Bonchev–Trinajstić information content (AvgIpc) is 3.02. The zero-order chi connectivity index (χ0) is 18.7. The smallest absolute Gasteiger partial charge is 0.269 e. The summed E-state index contributed by atoms with van der Waals surface area (Å²) in [6.45, 7) is 8.28. The minimum atomic E-state index is -0.193. The van der Waals surface area contributed by atoms with E-state index in [1.54, 1.807) is 10.9 Å². The van der Waals surface area contributed by atoms with Crippen LogP contribution in [0.5, 0.6) is 0 Å². The fraction of sp³-hybridized carbons (Fsp3) is 0.250. The molecule has 6 nitrogen and oxygen atoms in total. The molecule has 0 saturated heterocycles. The number of nitrogens with zero attached hydrogens (tertiary/aromatic N) is 3. The minimum Gasteiger partial charge on any atom is -0.301 e. The number of hydrazine groups is 1. The lowest BCUT2D eigenvalue weighted by molar-refractivity contribution is 0.0939. The summed E-state index contributed by atoms with van der Waals surface area (Å²) in [5.74, 6) is -0.193. The molecule has 134 valence electrons. The number of benzene rings is 2. The molecule has 0 aliphatic heterocycles. The molecule has 1 amide bonds. The van der Waals surface area contributed by atoms with Gasteiger partial charge in [0.05, 0.1) is 11.7 Å². The summed E-state index contributed by atoms with van der Waals surface area (Å²) in [7, 11) is 0. The Bertz CT molecular complexity index is 948.